The van der Waals surface area contributed by atoms with E-state index in [9.17, 15) is 13.2 Å². The topological polar surface area (TPSA) is 62.1 Å². The highest BCUT2D eigenvalue weighted by Crippen LogP contribution is 2.36. The molecular formula is C21H27F3N6. The van der Waals surface area contributed by atoms with Crippen LogP contribution < -0.4 is 0 Å². The average Bonchev–Trinajstić information content (AvgIpc) is 3.38. The molecule has 0 spiro atoms. The van der Waals surface area contributed by atoms with Crippen LogP contribution in [0.4, 0.5) is 13.2 Å². The standard InChI is InChI=1S/C21H27F3N6/c1-5-14-9-17(21(22,23)24)30-18(26-14)10-15(28-30)16-7-6-8-29(16)12-13-11-25-27-19(13)20(2,3)4/h9-11,16H,5-8,12H2,1-4H3,(H,25,27)/t16-/m0/s1. The van der Waals surface area contributed by atoms with Gasteiger partial charge in [-0.25, -0.2) is 9.50 Å². The van der Waals surface area contributed by atoms with Crippen molar-refractivity contribution in [3.05, 3.63) is 46.7 Å². The molecule has 1 aliphatic rings. The number of aromatic amines is 1. The van der Waals surface area contributed by atoms with Crippen LogP contribution in [0.2, 0.25) is 0 Å². The van der Waals surface area contributed by atoms with Crippen LogP contribution in [0, 0.1) is 0 Å². The van der Waals surface area contributed by atoms with Gasteiger partial charge in [-0.1, -0.05) is 27.7 Å². The average molecular weight is 420 g/mol. The Bertz CT molecular complexity index is 1040. The molecule has 0 radical (unpaired) electrons. The van der Waals surface area contributed by atoms with Crippen LogP contribution >= 0.6 is 0 Å². The maximum Gasteiger partial charge on any atom is 0.433 e. The molecule has 1 N–H and O–H groups in total. The van der Waals surface area contributed by atoms with Gasteiger partial charge < -0.3 is 0 Å². The lowest BCUT2D eigenvalue weighted by Crippen LogP contribution is -2.25. The number of likely N-dealkylation sites (tertiary alicyclic amines) is 1. The number of rotatable bonds is 4. The third-order valence-corrected chi connectivity index (χ3v) is 5.70. The van der Waals surface area contributed by atoms with E-state index < -0.39 is 11.9 Å². The quantitative estimate of drug-likeness (QED) is 0.666. The van der Waals surface area contributed by atoms with E-state index in [0.717, 1.165) is 41.2 Å². The molecule has 6 nitrogen and oxygen atoms in total. The lowest BCUT2D eigenvalue weighted by molar-refractivity contribution is -0.142. The highest BCUT2D eigenvalue weighted by molar-refractivity contribution is 5.43. The normalized spacial score (nSPS) is 18.6. The zero-order valence-corrected chi connectivity index (χ0v) is 17.7. The van der Waals surface area contributed by atoms with Crippen molar-refractivity contribution >= 4 is 5.65 Å². The number of hydrogen-bond acceptors (Lipinski definition) is 4. The second kappa shape index (κ2) is 7.37. The molecule has 1 atom stereocenters. The molecule has 3 aromatic heterocycles. The Morgan fingerprint density at radius 3 is 2.63 bits per heavy atom. The summed E-state index contributed by atoms with van der Waals surface area (Å²) < 4.78 is 41.7. The first-order valence-electron chi connectivity index (χ1n) is 10.3. The molecule has 1 aliphatic heterocycles. The van der Waals surface area contributed by atoms with Crippen LogP contribution in [0.1, 0.15) is 74.9 Å². The molecule has 0 bridgehead atoms. The van der Waals surface area contributed by atoms with Gasteiger partial charge >= 0.3 is 6.18 Å². The second-order valence-electron chi connectivity index (χ2n) is 8.97. The fraction of sp³-hybridized carbons (Fsp3) is 0.571. The summed E-state index contributed by atoms with van der Waals surface area (Å²) in [5, 5.41) is 11.7. The van der Waals surface area contributed by atoms with Gasteiger partial charge in [0, 0.05) is 35.0 Å². The van der Waals surface area contributed by atoms with E-state index in [1.807, 2.05) is 6.20 Å². The zero-order valence-electron chi connectivity index (χ0n) is 17.7. The summed E-state index contributed by atoms with van der Waals surface area (Å²) in [5.74, 6) is 0. The van der Waals surface area contributed by atoms with Crippen LogP contribution in [0.5, 0.6) is 0 Å². The number of nitrogens with zero attached hydrogens (tertiary/aromatic N) is 5. The van der Waals surface area contributed by atoms with Gasteiger partial charge in [0.25, 0.3) is 0 Å². The first kappa shape index (κ1) is 20.8. The third kappa shape index (κ3) is 3.82. The van der Waals surface area contributed by atoms with Crippen molar-refractivity contribution in [2.75, 3.05) is 6.54 Å². The van der Waals surface area contributed by atoms with Gasteiger partial charge in [-0.05, 0) is 31.9 Å². The van der Waals surface area contributed by atoms with Crippen molar-refractivity contribution in [1.29, 1.82) is 0 Å². The lowest BCUT2D eigenvalue weighted by Gasteiger charge is -2.25. The number of aryl methyl sites for hydroxylation is 1. The molecule has 9 heteroatoms. The Hall–Kier alpha value is -2.42. The molecule has 0 aliphatic carbocycles. The van der Waals surface area contributed by atoms with E-state index in [1.165, 1.54) is 0 Å². The first-order chi connectivity index (χ1) is 14.1. The van der Waals surface area contributed by atoms with Crippen molar-refractivity contribution in [2.24, 2.45) is 0 Å². The highest BCUT2D eigenvalue weighted by Gasteiger charge is 2.36. The molecule has 0 unspecified atom stereocenters. The fourth-order valence-electron chi connectivity index (χ4n) is 4.24. The number of hydrogen-bond donors (Lipinski definition) is 1. The van der Waals surface area contributed by atoms with Crippen molar-refractivity contribution in [3.63, 3.8) is 0 Å². The van der Waals surface area contributed by atoms with Gasteiger partial charge in [-0.2, -0.15) is 23.4 Å². The minimum atomic E-state index is -4.48. The Labute approximate surface area is 173 Å². The van der Waals surface area contributed by atoms with E-state index in [0.29, 0.717) is 24.4 Å². The number of alkyl halides is 3. The van der Waals surface area contributed by atoms with Gasteiger partial charge in [0.05, 0.1) is 17.9 Å². The van der Waals surface area contributed by atoms with E-state index in [2.05, 4.69) is 46.0 Å². The Balaban J connectivity index is 1.69. The maximum atomic E-state index is 13.6. The zero-order chi connectivity index (χ0) is 21.7. The Kier molecular flexibility index (Phi) is 5.12. The molecule has 1 fully saturated rings. The molecule has 0 saturated carbocycles. The monoisotopic (exact) mass is 420 g/mol. The van der Waals surface area contributed by atoms with Crippen LogP contribution in [-0.4, -0.2) is 36.2 Å². The van der Waals surface area contributed by atoms with Gasteiger partial charge in [0.2, 0.25) is 0 Å². The van der Waals surface area contributed by atoms with Crippen LogP contribution in [0.3, 0.4) is 0 Å². The minimum absolute atomic E-state index is 0.0411. The summed E-state index contributed by atoms with van der Waals surface area (Å²) in [5.41, 5.74) is 2.66. The van der Waals surface area contributed by atoms with Crippen LogP contribution in [0.15, 0.2) is 18.3 Å². The number of aromatic nitrogens is 5. The van der Waals surface area contributed by atoms with Gasteiger partial charge in [0.1, 0.15) is 5.69 Å². The third-order valence-electron chi connectivity index (χ3n) is 5.70. The molecule has 1 saturated heterocycles. The van der Waals surface area contributed by atoms with Crippen LogP contribution in [0.25, 0.3) is 5.65 Å². The molecule has 162 valence electrons. The highest BCUT2D eigenvalue weighted by atomic mass is 19.4. The summed E-state index contributed by atoms with van der Waals surface area (Å²) in [6.45, 7) is 9.73. The molecular weight excluding hydrogens is 393 g/mol. The Morgan fingerprint density at radius 2 is 1.97 bits per heavy atom. The molecule has 3 aromatic rings. The number of halogens is 3. The van der Waals surface area contributed by atoms with Gasteiger partial charge in [-0.3, -0.25) is 10.00 Å². The number of nitrogens with one attached hydrogen (secondary N) is 1. The summed E-state index contributed by atoms with van der Waals surface area (Å²) >= 11 is 0. The van der Waals surface area contributed by atoms with Crippen molar-refractivity contribution in [1.82, 2.24) is 29.7 Å². The van der Waals surface area contributed by atoms with Crippen molar-refractivity contribution in [2.45, 2.75) is 71.1 Å². The lowest BCUT2D eigenvalue weighted by atomic mass is 9.89. The molecule has 30 heavy (non-hydrogen) atoms. The predicted molar refractivity (Wildman–Crippen MR) is 107 cm³/mol. The fourth-order valence-corrected chi connectivity index (χ4v) is 4.24. The van der Waals surface area contributed by atoms with Gasteiger partial charge in [-0.15, -0.1) is 0 Å². The van der Waals surface area contributed by atoms with E-state index in [-0.39, 0.29) is 17.1 Å². The first-order valence-corrected chi connectivity index (χ1v) is 10.3. The summed E-state index contributed by atoms with van der Waals surface area (Å²) in [7, 11) is 0. The smallest absolute Gasteiger partial charge is 0.290 e. The Morgan fingerprint density at radius 1 is 1.20 bits per heavy atom. The van der Waals surface area contributed by atoms with Crippen molar-refractivity contribution < 1.29 is 13.2 Å². The molecule has 0 aromatic carbocycles. The summed E-state index contributed by atoms with van der Waals surface area (Å²) in [4.78, 5) is 6.65. The minimum Gasteiger partial charge on any atom is -0.290 e. The SMILES string of the molecule is CCc1cc(C(F)(F)F)n2nc([C@@H]3CCCN3Cc3cn[nH]c3C(C)(C)C)cc2n1. The van der Waals surface area contributed by atoms with E-state index >= 15 is 0 Å². The maximum absolute atomic E-state index is 13.6. The number of fused-ring (bicyclic) bond motifs is 1. The van der Waals surface area contributed by atoms with E-state index in [1.54, 1.807) is 13.0 Å². The molecule has 4 heterocycles. The van der Waals surface area contributed by atoms with Crippen molar-refractivity contribution in [3.8, 4) is 0 Å². The van der Waals surface area contributed by atoms with Gasteiger partial charge in [0.15, 0.2) is 5.65 Å². The molecule has 4 rings (SSSR count). The number of H-pyrrole nitrogens is 1. The predicted octanol–water partition coefficient (Wildman–Crippen LogP) is 4.67. The molecule has 0 amide bonds. The largest absolute Gasteiger partial charge is 0.433 e. The summed E-state index contributed by atoms with van der Waals surface area (Å²) in [6, 6.07) is 2.76. The summed E-state index contributed by atoms with van der Waals surface area (Å²) in [6.07, 6.45) is -0.375. The van der Waals surface area contributed by atoms with E-state index in [4.69, 9.17) is 0 Å². The van der Waals surface area contributed by atoms with Crippen LogP contribution in [-0.2, 0) is 24.6 Å². The second-order valence-corrected chi connectivity index (χ2v) is 8.97.